The maximum absolute atomic E-state index is 12.5. The number of halogens is 4. The summed E-state index contributed by atoms with van der Waals surface area (Å²) in [4.78, 5) is 0. The van der Waals surface area contributed by atoms with Crippen LogP contribution in [0.25, 0.3) is 0 Å². The van der Waals surface area contributed by atoms with Crippen molar-refractivity contribution in [3.05, 3.63) is 29.3 Å². The first-order valence-electron chi connectivity index (χ1n) is 4.20. The number of rotatable bonds is 3. The van der Waals surface area contributed by atoms with Gasteiger partial charge in [-0.15, -0.1) is 0 Å². The number of hydrogen-bond acceptors (Lipinski definition) is 3. The van der Waals surface area contributed by atoms with Crippen LogP contribution in [-0.4, -0.2) is 12.5 Å². The molecule has 0 radical (unpaired) electrons. The molecule has 0 fully saturated rings. The highest BCUT2D eigenvalue weighted by Gasteiger charge is 2.44. The molecule has 0 aliphatic rings. The monoisotopic (exact) mass is 244 g/mol. The van der Waals surface area contributed by atoms with Crippen LogP contribution in [0.4, 0.5) is 17.6 Å². The van der Waals surface area contributed by atoms with Crippen LogP contribution in [0.2, 0.25) is 0 Å². The molecule has 0 bridgehead atoms. The summed E-state index contributed by atoms with van der Waals surface area (Å²) in [5, 5.41) is 17.1. The van der Waals surface area contributed by atoms with E-state index in [1.165, 1.54) is 0 Å². The zero-order chi connectivity index (χ0) is 13.1. The first-order valence-corrected chi connectivity index (χ1v) is 4.20. The van der Waals surface area contributed by atoms with Crippen LogP contribution in [0.3, 0.4) is 0 Å². The summed E-state index contributed by atoms with van der Waals surface area (Å²) in [5.74, 6) is -0.606. The lowest BCUT2D eigenvalue weighted by Gasteiger charge is -2.16. The predicted octanol–water partition coefficient (Wildman–Crippen LogP) is 2.67. The van der Waals surface area contributed by atoms with Crippen LogP contribution in [0.15, 0.2) is 18.2 Å². The fourth-order valence-corrected chi connectivity index (χ4v) is 0.979. The van der Waals surface area contributed by atoms with Gasteiger partial charge in [0, 0.05) is 0 Å². The Labute approximate surface area is 93.5 Å². The summed E-state index contributed by atoms with van der Waals surface area (Å²) in [5.41, 5.74) is -0.282. The lowest BCUT2D eigenvalue weighted by atomic mass is 10.1. The highest BCUT2D eigenvalue weighted by atomic mass is 19.3. The van der Waals surface area contributed by atoms with Gasteiger partial charge in [-0.2, -0.15) is 28.1 Å². The van der Waals surface area contributed by atoms with E-state index < -0.39 is 18.3 Å². The molecule has 88 valence electrons. The van der Waals surface area contributed by atoms with E-state index in [-0.39, 0.29) is 11.1 Å². The summed E-state index contributed by atoms with van der Waals surface area (Å²) < 4.78 is 52.5. The summed E-state index contributed by atoms with van der Waals surface area (Å²) >= 11 is 0. The molecule has 0 aliphatic carbocycles. The number of alkyl halides is 4. The van der Waals surface area contributed by atoms with Crippen molar-refractivity contribution >= 4 is 0 Å². The van der Waals surface area contributed by atoms with Crippen LogP contribution >= 0.6 is 0 Å². The zero-order valence-electron chi connectivity index (χ0n) is 8.12. The van der Waals surface area contributed by atoms with E-state index >= 15 is 0 Å². The second kappa shape index (κ2) is 4.71. The van der Waals surface area contributed by atoms with Crippen molar-refractivity contribution in [3.8, 4) is 17.9 Å². The Morgan fingerprint density at radius 1 is 1.12 bits per heavy atom. The third-order valence-corrected chi connectivity index (χ3v) is 1.74. The molecule has 0 aliphatic heterocycles. The highest BCUT2D eigenvalue weighted by Crippen LogP contribution is 2.28. The molecule has 7 heteroatoms. The van der Waals surface area contributed by atoms with Crippen LogP contribution in [-0.2, 0) is 0 Å². The molecule has 0 heterocycles. The lowest BCUT2D eigenvalue weighted by Crippen LogP contribution is -2.33. The minimum absolute atomic E-state index is 0.0554. The Hall–Kier alpha value is -2.28. The average molecular weight is 244 g/mol. The largest absolute Gasteiger partial charge is 0.461 e. The normalized spacial score (nSPS) is 10.8. The van der Waals surface area contributed by atoms with Gasteiger partial charge in [0.2, 0.25) is 0 Å². The van der Waals surface area contributed by atoms with Gasteiger partial charge < -0.3 is 4.74 Å². The molecule has 1 aromatic carbocycles. The molecule has 17 heavy (non-hydrogen) atoms. The molecule has 0 unspecified atom stereocenters. The molecule has 0 N–H and O–H groups in total. The molecule has 3 nitrogen and oxygen atoms in total. The topological polar surface area (TPSA) is 56.8 Å². The zero-order valence-corrected chi connectivity index (χ0v) is 8.12. The SMILES string of the molecule is N#Cc1ccc(OC(F)(F)C(F)F)cc1C#N. The Balaban J connectivity index is 3.04. The van der Waals surface area contributed by atoms with Crippen LogP contribution in [0.1, 0.15) is 11.1 Å². The number of hydrogen-bond donors (Lipinski definition) is 0. The molecule has 0 saturated heterocycles. The molecule has 0 aromatic heterocycles. The van der Waals surface area contributed by atoms with Crippen molar-refractivity contribution in [3.63, 3.8) is 0 Å². The first kappa shape index (κ1) is 12.8. The Morgan fingerprint density at radius 2 is 1.71 bits per heavy atom. The fraction of sp³-hybridized carbons (Fsp3) is 0.200. The van der Waals surface area contributed by atoms with Gasteiger partial charge in [0.05, 0.1) is 11.1 Å². The van der Waals surface area contributed by atoms with Gasteiger partial charge in [0.25, 0.3) is 0 Å². The van der Waals surface area contributed by atoms with Gasteiger partial charge in [0.15, 0.2) is 0 Å². The second-order valence-electron chi connectivity index (χ2n) is 2.90. The van der Waals surface area contributed by atoms with Crippen molar-refractivity contribution in [1.29, 1.82) is 10.5 Å². The van der Waals surface area contributed by atoms with Crippen molar-refractivity contribution < 1.29 is 22.3 Å². The average Bonchev–Trinajstić information content (AvgIpc) is 2.28. The molecule has 0 spiro atoms. The summed E-state index contributed by atoms with van der Waals surface area (Å²) in [7, 11) is 0. The Bertz CT molecular complexity index is 502. The van der Waals surface area contributed by atoms with Crippen LogP contribution in [0.5, 0.6) is 5.75 Å². The number of benzene rings is 1. The number of ether oxygens (including phenoxy) is 1. The molecule has 0 saturated carbocycles. The molecular weight excluding hydrogens is 240 g/mol. The molecule has 1 aromatic rings. The van der Waals surface area contributed by atoms with Crippen molar-refractivity contribution in [2.75, 3.05) is 0 Å². The van der Waals surface area contributed by atoms with E-state index in [1.807, 2.05) is 0 Å². The van der Waals surface area contributed by atoms with Gasteiger partial charge in [-0.1, -0.05) is 0 Å². The van der Waals surface area contributed by atoms with E-state index in [1.54, 1.807) is 12.1 Å². The van der Waals surface area contributed by atoms with E-state index in [9.17, 15) is 17.6 Å². The first-order chi connectivity index (χ1) is 7.90. The quantitative estimate of drug-likeness (QED) is 0.768. The maximum Gasteiger partial charge on any atom is 0.461 e. The van der Waals surface area contributed by atoms with Crippen molar-refractivity contribution in [1.82, 2.24) is 0 Å². The van der Waals surface area contributed by atoms with Crippen molar-refractivity contribution in [2.45, 2.75) is 12.5 Å². The smallest absolute Gasteiger partial charge is 0.428 e. The maximum atomic E-state index is 12.5. The fourth-order valence-electron chi connectivity index (χ4n) is 0.979. The van der Waals surface area contributed by atoms with E-state index in [0.717, 1.165) is 18.2 Å². The number of nitrogens with zero attached hydrogens (tertiary/aromatic N) is 2. The second-order valence-corrected chi connectivity index (χ2v) is 2.90. The van der Waals surface area contributed by atoms with Crippen molar-refractivity contribution in [2.24, 2.45) is 0 Å². The van der Waals surface area contributed by atoms with Crippen LogP contribution < -0.4 is 4.74 Å². The van der Waals surface area contributed by atoms with E-state index in [4.69, 9.17) is 10.5 Å². The summed E-state index contributed by atoms with van der Waals surface area (Å²) in [6.07, 6.45) is -8.62. The Morgan fingerprint density at radius 3 is 2.18 bits per heavy atom. The minimum atomic E-state index is -4.64. The molecular formula is C10H4F4N2O. The highest BCUT2D eigenvalue weighted by molar-refractivity contribution is 5.49. The predicted molar refractivity (Wildman–Crippen MR) is 47.5 cm³/mol. The third kappa shape index (κ3) is 2.85. The van der Waals surface area contributed by atoms with Gasteiger partial charge >= 0.3 is 12.5 Å². The van der Waals surface area contributed by atoms with Gasteiger partial charge in [-0.25, -0.2) is 0 Å². The minimum Gasteiger partial charge on any atom is -0.428 e. The summed E-state index contributed by atoms with van der Waals surface area (Å²) in [6, 6.07) is 5.96. The van der Waals surface area contributed by atoms with Gasteiger partial charge in [0.1, 0.15) is 17.9 Å². The molecule has 1 rings (SSSR count). The molecule has 0 amide bonds. The lowest BCUT2D eigenvalue weighted by molar-refractivity contribution is -0.253. The van der Waals surface area contributed by atoms with Gasteiger partial charge in [-0.3, -0.25) is 0 Å². The standard InChI is InChI=1S/C10H4F4N2O/c11-9(12)10(13,14)17-8-2-1-6(4-15)7(3-8)5-16/h1-3,9H. The number of nitriles is 2. The van der Waals surface area contributed by atoms with Gasteiger partial charge in [-0.05, 0) is 18.2 Å². The Kier molecular flexibility index (Phi) is 3.54. The summed E-state index contributed by atoms with van der Waals surface area (Å²) in [6.45, 7) is 0. The van der Waals surface area contributed by atoms with Crippen LogP contribution in [0, 0.1) is 22.7 Å². The van der Waals surface area contributed by atoms with E-state index in [0.29, 0.717) is 0 Å². The molecule has 0 atom stereocenters. The third-order valence-electron chi connectivity index (χ3n) is 1.74. The van der Waals surface area contributed by atoms with E-state index in [2.05, 4.69) is 4.74 Å².